The molecule has 2 aliphatic heterocycles. The second-order valence-electron chi connectivity index (χ2n) is 6.98. The molecule has 3 heteroatoms. The van der Waals surface area contributed by atoms with Crippen molar-refractivity contribution >= 4 is 11.4 Å². The Kier molecular flexibility index (Phi) is 3.74. The van der Waals surface area contributed by atoms with E-state index in [1.54, 1.807) is 0 Å². The van der Waals surface area contributed by atoms with Crippen LogP contribution in [0.2, 0.25) is 0 Å². The van der Waals surface area contributed by atoms with Gasteiger partial charge in [-0.05, 0) is 41.7 Å². The third kappa shape index (κ3) is 2.70. The summed E-state index contributed by atoms with van der Waals surface area (Å²) in [5, 5.41) is 7.18. The van der Waals surface area contributed by atoms with Crippen LogP contribution in [0.4, 0.5) is 11.4 Å². The Labute approximate surface area is 138 Å². The lowest BCUT2D eigenvalue weighted by molar-refractivity contribution is 0.496. The van der Waals surface area contributed by atoms with Crippen LogP contribution in [0.25, 0.3) is 0 Å². The first-order valence-electron chi connectivity index (χ1n) is 8.56. The van der Waals surface area contributed by atoms with Crippen molar-refractivity contribution in [2.45, 2.75) is 19.4 Å². The van der Waals surface area contributed by atoms with Gasteiger partial charge in [0.05, 0.1) is 0 Å². The summed E-state index contributed by atoms with van der Waals surface area (Å²) < 4.78 is 0. The van der Waals surface area contributed by atoms with Crippen molar-refractivity contribution in [3.63, 3.8) is 0 Å². The maximum Gasteiger partial charge on any atom is 0.0430 e. The molecule has 2 aliphatic rings. The van der Waals surface area contributed by atoms with Gasteiger partial charge in [-0.1, -0.05) is 30.3 Å². The molecule has 0 amide bonds. The maximum absolute atomic E-state index is 3.61. The number of rotatable bonds is 3. The summed E-state index contributed by atoms with van der Waals surface area (Å²) in [5.74, 6) is 1.41. The topological polar surface area (TPSA) is 27.3 Å². The molecule has 0 radical (unpaired) electrons. The fourth-order valence-corrected chi connectivity index (χ4v) is 4.24. The fraction of sp³-hybridized carbons (Fsp3) is 0.400. The summed E-state index contributed by atoms with van der Waals surface area (Å²) in [6.07, 6.45) is 0. The van der Waals surface area contributed by atoms with Crippen LogP contribution in [0, 0.1) is 12.8 Å². The van der Waals surface area contributed by atoms with Gasteiger partial charge in [-0.3, -0.25) is 0 Å². The molecule has 2 aromatic rings. The first-order chi connectivity index (χ1) is 11.2. The van der Waals surface area contributed by atoms with Crippen molar-refractivity contribution in [3.8, 4) is 0 Å². The summed E-state index contributed by atoms with van der Waals surface area (Å²) in [5.41, 5.74) is 6.90. The van der Waals surface area contributed by atoms with Crippen LogP contribution in [0.1, 0.15) is 22.6 Å². The lowest BCUT2D eigenvalue weighted by atomic mass is 9.82. The Morgan fingerprint density at radius 1 is 1.17 bits per heavy atom. The summed E-state index contributed by atoms with van der Waals surface area (Å²) in [7, 11) is 2.23. The minimum absolute atomic E-state index is 0.665. The number of nitrogens with one attached hydrogen (secondary N) is 2. The Balaban J connectivity index is 1.62. The summed E-state index contributed by atoms with van der Waals surface area (Å²) >= 11 is 0. The summed E-state index contributed by atoms with van der Waals surface area (Å²) in [6, 6.07) is 15.3. The zero-order valence-electron chi connectivity index (χ0n) is 14.0. The minimum atomic E-state index is 0.665. The summed E-state index contributed by atoms with van der Waals surface area (Å²) in [4.78, 5) is 2.44. The Hall–Kier alpha value is -2.00. The first kappa shape index (κ1) is 14.6. The van der Waals surface area contributed by atoms with Crippen LogP contribution in [0.3, 0.4) is 0 Å². The molecule has 2 unspecified atom stereocenters. The Morgan fingerprint density at radius 2 is 2.00 bits per heavy atom. The second kappa shape index (κ2) is 5.89. The third-order valence-electron chi connectivity index (χ3n) is 5.30. The van der Waals surface area contributed by atoms with Gasteiger partial charge in [-0.25, -0.2) is 0 Å². The highest BCUT2D eigenvalue weighted by Gasteiger charge is 2.36. The number of anilines is 2. The van der Waals surface area contributed by atoms with Crippen molar-refractivity contribution in [2.75, 3.05) is 36.9 Å². The highest BCUT2D eigenvalue weighted by atomic mass is 15.1. The molecule has 0 saturated carbocycles. The standard InChI is InChI=1S/C20H25N3/c1-14-8-17(22-10-15-6-4-3-5-7-15)9-18-19-12-21-11-16(19)13-23(2)20(14)18/h3-9,16,19,21-22H,10-13H2,1-2H3. The van der Waals surface area contributed by atoms with Crippen LogP contribution < -0.4 is 15.5 Å². The zero-order valence-corrected chi connectivity index (χ0v) is 14.0. The number of hydrogen-bond acceptors (Lipinski definition) is 3. The monoisotopic (exact) mass is 307 g/mol. The number of fused-ring (bicyclic) bond motifs is 3. The number of benzene rings is 2. The normalized spacial score (nSPS) is 22.6. The van der Waals surface area contributed by atoms with Gasteiger partial charge in [-0.2, -0.15) is 0 Å². The van der Waals surface area contributed by atoms with E-state index in [4.69, 9.17) is 0 Å². The number of nitrogens with zero attached hydrogens (tertiary/aromatic N) is 1. The van der Waals surface area contributed by atoms with Crippen LogP contribution in [0.15, 0.2) is 42.5 Å². The molecule has 0 aromatic heterocycles. The Bertz CT molecular complexity index is 696. The third-order valence-corrected chi connectivity index (χ3v) is 5.30. The quantitative estimate of drug-likeness (QED) is 0.910. The predicted molar refractivity (Wildman–Crippen MR) is 97.3 cm³/mol. The molecule has 2 aromatic carbocycles. The molecule has 1 fully saturated rings. The molecule has 23 heavy (non-hydrogen) atoms. The number of aryl methyl sites for hydroxylation is 1. The lowest BCUT2D eigenvalue weighted by Crippen LogP contribution is -2.35. The molecule has 2 heterocycles. The molecule has 2 atom stereocenters. The summed E-state index contributed by atoms with van der Waals surface area (Å²) in [6.45, 7) is 6.55. The number of hydrogen-bond donors (Lipinski definition) is 2. The van der Waals surface area contributed by atoms with Gasteiger partial charge in [0, 0.05) is 50.5 Å². The van der Waals surface area contributed by atoms with E-state index in [0.29, 0.717) is 5.92 Å². The molecule has 0 bridgehead atoms. The molecule has 3 nitrogen and oxygen atoms in total. The van der Waals surface area contributed by atoms with E-state index in [2.05, 4.69) is 72.0 Å². The van der Waals surface area contributed by atoms with Gasteiger partial charge in [0.25, 0.3) is 0 Å². The van der Waals surface area contributed by atoms with Gasteiger partial charge in [0.2, 0.25) is 0 Å². The highest BCUT2D eigenvalue weighted by molar-refractivity contribution is 5.68. The van der Waals surface area contributed by atoms with E-state index in [0.717, 1.165) is 25.6 Å². The van der Waals surface area contributed by atoms with Gasteiger partial charge in [0.15, 0.2) is 0 Å². The smallest absolute Gasteiger partial charge is 0.0430 e. The van der Waals surface area contributed by atoms with E-state index >= 15 is 0 Å². The van der Waals surface area contributed by atoms with E-state index in [1.165, 1.54) is 34.6 Å². The maximum atomic E-state index is 3.61. The van der Waals surface area contributed by atoms with Crippen LogP contribution in [-0.2, 0) is 6.54 Å². The van der Waals surface area contributed by atoms with Gasteiger partial charge in [-0.15, -0.1) is 0 Å². The molecule has 120 valence electrons. The van der Waals surface area contributed by atoms with Crippen molar-refractivity contribution in [2.24, 2.45) is 5.92 Å². The van der Waals surface area contributed by atoms with Gasteiger partial charge < -0.3 is 15.5 Å². The van der Waals surface area contributed by atoms with Gasteiger partial charge in [0.1, 0.15) is 0 Å². The SMILES string of the molecule is Cc1cc(NCc2ccccc2)cc2c1N(C)CC1CNCC21. The van der Waals surface area contributed by atoms with Crippen LogP contribution >= 0.6 is 0 Å². The lowest BCUT2D eigenvalue weighted by Gasteiger charge is -2.37. The average Bonchev–Trinajstić information content (AvgIpc) is 3.02. The van der Waals surface area contributed by atoms with Crippen molar-refractivity contribution in [1.82, 2.24) is 5.32 Å². The van der Waals surface area contributed by atoms with Crippen LogP contribution in [0.5, 0.6) is 0 Å². The van der Waals surface area contributed by atoms with Gasteiger partial charge >= 0.3 is 0 Å². The largest absolute Gasteiger partial charge is 0.381 e. The van der Waals surface area contributed by atoms with Crippen molar-refractivity contribution in [1.29, 1.82) is 0 Å². The molecule has 0 aliphatic carbocycles. The average molecular weight is 307 g/mol. The highest BCUT2D eigenvalue weighted by Crippen LogP contribution is 2.43. The first-order valence-corrected chi connectivity index (χ1v) is 8.56. The minimum Gasteiger partial charge on any atom is -0.381 e. The van der Waals surface area contributed by atoms with E-state index in [9.17, 15) is 0 Å². The molecule has 4 rings (SSSR count). The second-order valence-corrected chi connectivity index (χ2v) is 6.98. The molecule has 2 N–H and O–H groups in total. The fourth-order valence-electron chi connectivity index (χ4n) is 4.24. The van der Waals surface area contributed by atoms with Crippen molar-refractivity contribution in [3.05, 3.63) is 59.2 Å². The Morgan fingerprint density at radius 3 is 2.83 bits per heavy atom. The van der Waals surface area contributed by atoms with E-state index < -0.39 is 0 Å². The van der Waals surface area contributed by atoms with E-state index in [1.807, 2.05) is 0 Å². The van der Waals surface area contributed by atoms with E-state index in [-0.39, 0.29) is 0 Å². The molecule has 0 spiro atoms. The predicted octanol–water partition coefficient (Wildman–Crippen LogP) is 3.36. The van der Waals surface area contributed by atoms with Crippen LogP contribution in [-0.4, -0.2) is 26.7 Å². The molecular formula is C20H25N3. The zero-order chi connectivity index (χ0) is 15.8. The molecule has 1 saturated heterocycles. The molecular weight excluding hydrogens is 282 g/mol. The van der Waals surface area contributed by atoms with Crippen molar-refractivity contribution < 1.29 is 0 Å².